The first-order valence-electron chi connectivity index (χ1n) is 4.59. The Morgan fingerprint density at radius 3 is 3.07 bits per heavy atom. The van der Waals surface area contributed by atoms with Gasteiger partial charge in [-0.15, -0.1) is 11.8 Å². The summed E-state index contributed by atoms with van der Waals surface area (Å²) in [6.07, 6.45) is 3.32. The van der Waals surface area contributed by atoms with Crippen molar-refractivity contribution in [3.63, 3.8) is 0 Å². The zero-order chi connectivity index (χ0) is 10.4. The van der Waals surface area contributed by atoms with Gasteiger partial charge in [-0.05, 0) is 6.92 Å². The lowest BCUT2D eigenvalue weighted by Gasteiger charge is -2.08. The number of aryl methyl sites for hydroxylation is 1. The maximum Gasteiger partial charge on any atom is 0.0867 e. The molecule has 14 heavy (non-hydrogen) atoms. The number of thioether (sulfide) groups is 1. The highest BCUT2D eigenvalue weighted by molar-refractivity contribution is 7.99. The number of aliphatic hydroxyl groups excluding tert-OH is 1. The summed E-state index contributed by atoms with van der Waals surface area (Å²) in [5.41, 5.74) is 0. The summed E-state index contributed by atoms with van der Waals surface area (Å²) in [6, 6.07) is 0. The van der Waals surface area contributed by atoms with E-state index in [1.165, 1.54) is 0 Å². The van der Waals surface area contributed by atoms with Crippen LogP contribution in [0.5, 0.6) is 0 Å². The van der Waals surface area contributed by atoms with Crippen LogP contribution in [0.2, 0.25) is 0 Å². The molecule has 1 aromatic heterocycles. The zero-order valence-electron chi connectivity index (χ0n) is 8.51. The largest absolute Gasteiger partial charge is 0.390 e. The van der Waals surface area contributed by atoms with Crippen molar-refractivity contribution in [3.05, 3.63) is 12.4 Å². The van der Waals surface area contributed by atoms with Crippen molar-refractivity contribution in [2.45, 2.75) is 17.9 Å². The van der Waals surface area contributed by atoms with Crippen molar-refractivity contribution in [2.75, 3.05) is 19.0 Å². The van der Waals surface area contributed by atoms with Crippen molar-refractivity contribution >= 4 is 11.8 Å². The lowest BCUT2D eigenvalue weighted by Crippen LogP contribution is -2.17. The summed E-state index contributed by atoms with van der Waals surface area (Å²) in [4.78, 5) is 1.07. The third kappa shape index (κ3) is 4.13. The maximum atomic E-state index is 9.48. The van der Waals surface area contributed by atoms with Crippen LogP contribution < -0.4 is 0 Å². The van der Waals surface area contributed by atoms with Gasteiger partial charge in [0.2, 0.25) is 0 Å². The summed E-state index contributed by atoms with van der Waals surface area (Å²) in [5, 5.41) is 13.5. The Kier molecular flexibility index (Phi) is 5.00. The summed E-state index contributed by atoms with van der Waals surface area (Å²) < 4.78 is 6.85. The molecule has 0 saturated heterocycles. The Morgan fingerprint density at radius 1 is 1.71 bits per heavy atom. The van der Waals surface area contributed by atoms with E-state index in [0.29, 0.717) is 19.0 Å². The number of nitrogens with zero attached hydrogens (tertiary/aromatic N) is 2. The first-order valence-corrected chi connectivity index (χ1v) is 5.58. The molecule has 0 aliphatic carbocycles. The molecule has 0 aromatic carbocycles. The van der Waals surface area contributed by atoms with E-state index < -0.39 is 6.10 Å². The normalized spacial score (nSPS) is 13.1. The van der Waals surface area contributed by atoms with Gasteiger partial charge < -0.3 is 9.84 Å². The monoisotopic (exact) mass is 216 g/mol. The highest BCUT2D eigenvalue weighted by Gasteiger charge is 2.05. The molecular formula is C9H16N2O2S. The highest BCUT2D eigenvalue weighted by Crippen LogP contribution is 2.17. The lowest BCUT2D eigenvalue weighted by molar-refractivity contribution is 0.0551. The molecule has 80 valence electrons. The number of ether oxygens (including phenoxy) is 1. The van der Waals surface area contributed by atoms with E-state index in [1.54, 1.807) is 22.6 Å². The second-order valence-corrected chi connectivity index (χ2v) is 4.07. The molecule has 1 rings (SSSR count). The predicted octanol–water partition coefficient (Wildman–Crippen LogP) is 0.910. The van der Waals surface area contributed by atoms with Gasteiger partial charge in [-0.1, -0.05) is 0 Å². The number of hydrogen-bond acceptors (Lipinski definition) is 4. The van der Waals surface area contributed by atoms with Gasteiger partial charge in [0.1, 0.15) is 0 Å². The van der Waals surface area contributed by atoms with Crippen molar-refractivity contribution in [3.8, 4) is 0 Å². The van der Waals surface area contributed by atoms with Crippen LogP contribution in [0, 0.1) is 0 Å². The van der Waals surface area contributed by atoms with Crippen LogP contribution in [0.25, 0.3) is 0 Å². The van der Waals surface area contributed by atoms with Crippen molar-refractivity contribution in [1.82, 2.24) is 9.78 Å². The number of rotatable bonds is 6. The van der Waals surface area contributed by atoms with E-state index in [-0.39, 0.29) is 0 Å². The van der Waals surface area contributed by atoms with Crippen LogP contribution in [-0.2, 0) is 11.8 Å². The smallest absolute Gasteiger partial charge is 0.0867 e. The Hall–Kier alpha value is -0.520. The van der Waals surface area contributed by atoms with Crippen molar-refractivity contribution in [2.24, 2.45) is 7.05 Å². The molecule has 1 atom stereocenters. The molecule has 5 heteroatoms. The third-order valence-corrected chi connectivity index (χ3v) is 2.73. The molecule has 0 aliphatic rings. The maximum absolute atomic E-state index is 9.48. The molecule has 0 aliphatic heterocycles. The molecule has 1 unspecified atom stereocenters. The molecule has 0 fully saturated rings. The van der Waals surface area contributed by atoms with Gasteiger partial charge >= 0.3 is 0 Å². The van der Waals surface area contributed by atoms with E-state index in [1.807, 2.05) is 20.2 Å². The standard InChI is InChI=1S/C9H16N2O2S/c1-3-13-6-8(12)7-14-9-4-10-11(2)5-9/h4-5,8,12H,3,6-7H2,1-2H3. The van der Waals surface area contributed by atoms with E-state index in [4.69, 9.17) is 4.74 Å². The van der Waals surface area contributed by atoms with E-state index in [2.05, 4.69) is 5.10 Å². The molecule has 0 saturated carbocycles. The van der Waals surface area contributed by atoms with Gasteiger partial charge in [0.25, 0.3) is 0 Å². The molecule has 0 amide bonds. The van der Waals surface area contributed by atoms with Crippen LogP contribution in [-0.4, -0.2) is 40.0 Å². The Morgan fingerprint density at radius 2 is 2.50 bits per heavy atom. The van der Waals surface area contributed by atoms with Crippen LogP contribution >= 0.6 is 11.8 Å². The SMILES string of the molecule is CCOCC(O)CSc1cnn(C)c1. The Balaban J connectivity index is 2.20. The summed E-state index contributed by atoms with van der Waals surface area (Å²) in [6.45, 7) is 2.97. The quantitative estimate of drug-likeness (QED) is 0.718. The minimum atomic E-state index is -0.403. The van der Waals surface area contributed by atoms with Crippen molar-refractivity contribution < 1.29 is 9.84 Å². The third-order valence-electron chi connectivity index (χ3n) is 1.64. The van der Waals surface area contributed by atoms with E-state index >= 15 is 0 Å². The Bertz CT molecular complexity index is 265. The topological polar surface area (TPSA) is 47.3 Å². The fourth-order valence-electron chi connectivity index (χ4n) is 0.968. The van der Waals surface area contributed by atoms with Crippen LogP contribution in [0.1, 0.15) is 6.92 Å². The molecule has 1 heterocycles. The highest BCUT2D eigenvalue weighted by atomic mass is 32.2. The second kappa shape index (κ2) is 6.06. The number of hydrogen-bond donors (Lipinski definition) is 1. The summed E-state index contributed by atoms with van der Waals surface area (Å²) in [7, 11) is 1.88. The van der Waals surface area contributed by atoms with Gasteiger partial charge in [0, 0.05) is 30.5 Å². The Labute approximate surface area is 88.3 Å². The average Bonchev–Trinajstić information content (AvgIpc) is 2.58. The number of aliphatic hydroxyl groups is 1. The second-order valence-electron chi connectivity index (χ2n) is 2.97. The molecule has 0 bridgehead atoms. The molecule has 0 radical (unpaired) electrons. The van der Waals surface area contributed by atoms with Crippen LogP contribution in [0.4, 0.5) is 0 Å². The van der Waals surface area contributed by atoms with Gasteiger partial charge in [-0.2, -0.15) is 5.10 Å². The fraction of sp³-hybridized carbons (Fsp3) is 0.667. The molecule has 4 nitrogen and oxygen atoms in total. The van der Waals surface area contributed by atoms with Crippen molar-refractivity contribution in [1.29, 1.82) is 0 Å². The van der Waals surface area contributed by atoms with Crippen LogP contribution in [0.3, 0.4) is 0 Å². The summed E-state index contributed by atoms with van der Waals surface area (Å²) in [5.74, 6) is 0.645. The van der Waals surface area contributed by atoms with Gasteiger partial charge in [0.05, 0.1) is 18.9 Å². The van der Waals surface area contributed by atoms with Gasteiger partial charge in [-0.25, -0.2) is 0 Å². The summed E-state index contributed by atoms with van der Waals surface area (Å²) >= 11 is 1.59. The first kappa shape index (κ1) is 11.6. The van der Waals surface area contributed by atoms with E-state index in [9.17, 15) is 5.11 Å². The average molecular weight is 216 g/mol. The number of aromatic nitrogens is 2. The van der Waals surface area contributed by atoms with Gasteiger partial charge in [-0.3, -0.25) is 4.68 Å². The minimum absolute atomic E-state index is 0.403. The van der Waals surface area contributed by atoms with E-state index in [0.717, 1.165) is 4.90 Å². The zero-order valence-corrected chi connectivity index (χ0v) is 9.33. The molecule has 1 N–H and O–H groups in total. The minimum Gasteiger partial charge on any atom is -0.390 e. The first-order chi connectivity index (χ1) is 6.72. The lowest BCUT2D eigenvalue weighted by atomic mass is 10.4. The predicted molar refractivity (Wildman–Crippen MR) is 56.4 cm³/mol. The van der Waals surface area contributed by atoms with Crippen LogP contribution in [0.15, 0.2) is 17.3 Å². The molecule has 1 aromatic rings. The van der Waals surface area contributed by atoms with Gasteiger partial charge in [0.15, 0.2) is 0 Å². The molecule has 0 spiro atoms. The molecular weight excluding hydrogens is 200 g/mol. The fourth-order valence-corrected chi connectivity index (χ4v) is 1.80.